The summed E-state index contributed by atoms with van der Waals surface area (Å²) in [6.07, 6.45) is 5.61. The fraction of sp³-hybridized carbons (Fsp3) is 0.917. The Morgan fingerprint density at radius 1 is 1.25 bits per heavy atom. The predicted octanol–water partition coefficient (Wildman–Crippen LogP) is 1.26. The van der Waals surface area contributed by atoms with Gasteiger partial charge in [0.05, 0.1) is 12.0 Å². The van der Waals surface area contributed by atoms with Crippen molar-refractivity contribution in [3.8, 4) is 0 Å². The number of rotatable bonds is 5. The summed E-state index contributed by atoms with van der Waals surface area (Å²) in [4.78, 5) is 11.0. The molecule has 2 N–H and O–H groups in total. The van der Waals surface area contributed by atoms with E-state index in [-0.39, 0.29) is 5.92 Å². The summed E-state index contributed by atoms with van der Waals surface area (Å²) in [5.41, 5.74) is 0. The Hall–Kier alpha value is -0.610. The van der Waals surface area contributed by atoms with E-state index in [4.69, 9.17) is 9.84 Å². The second kappa shape index (κ2) is 5.64. The first-order valence-electron chi connectivity index (χ1n) is 6.32. The molecule has 1 heterocycles. The minimum Gasteiger partial charge on any atom is -0.481 e. The third-order valence-electron chi connectivity index (χ3n) is 3.78. The van der Waals surface area contributed by atoms with E-state index in [1.807, 2.05) is 0 Å². The maximum atomic E-state index is 11.0. The molecule has 1 aliphatic carbocycles. The number of hydrogen-bond donors (Lipinski definition) is 2. The van der Waals surface area contributed by atoms with Gasteiger partial charge in [-0.25, -0.2) is 0 Å². The molecule has 3 unspecified atom stereocenters. The number of carboxylic acid groups (broad SMARTS) is 1. The fourth-order valence-electron chi connectivity index (χ4n) is 2.84. The van der Waals surface area contributed by atoms with Crippen molar-refractivity contribution >= 4 is 5.97 Å². The zero-order valence-corrected chi connectivity index (χ0v) is 9.65. The van der Waals surface area contributed by atoms with E-state index < -0.39 is 5.97 Å². The summed E-state index contributed by atoms with van der Waals surface area (Å²) in [7, 11) is 0. The molecule has 1 aliphatic heterocycles. The minimum atomic E-state index is -0.624. The van der Waals surface area contributed by atoms with E-state index in [2.05, 4.69) is 5.32 Å². The van der Waals surface area contributed by atoms with Crippen LogP contribution in [-0.2, 0) is 9.53 Å². The van der Waals surface area contributed by atoms with Crippen LogP contribution < -0.4 is 5.32 Å². The highest BCUT2D eigenvalue weighted by Gasteiger charge is 2.32. The molecule has 0 radical (unpaired) electrons. The van der Waals surface area contributed by atoms with Gasteiger partial charge in [-0.2, -0.15) is 0 Å². The average molecular weight is 227 g/mol. The molecule has 3 atom stereocenters. The largest absolute Gasteiger partial charge is 0.481 e. The third-order valence-corrected chi connectivity index (χ3v) is 3.78. The van der Waals surface area contributed by atoms with E-state index in [0.717, 1.165) is 51.8 Å². The van der Waals surface area contributed by atoms with Gasteiger partial charge < -0.3 is 15.2 Å². The van der Waals surface area contributed by atoms with E-state index in [1.165, 1.54) is 0 Å². The molecule has 16 heavy (non-hydrogen) atoms. The standard InChI is InChI=1S/C12H21NO3/c14-12(15)11-5-1-3-9(11)7-13-8-10-4-2-6-16-10/h9-11,13H,1-8H2,(H,14,15). The van der Waals surface area contributed by atoms with Crippen LogP contribution in [0, 0.1) is 11.8 Å². The molecular weight excluding hydrogens is 206 g/mol. The van der Waals surface area contributed by atoms with Gasteiger partial charge >= 0.3 is 5.97 Å². The molecule has 0 amide bonds. The highest BCUT2D eigenvalue weighted by atomic mass is 16.5. The lowest BCUT2D eigenvalue weighted by atomic mass is 9.96. The maximum absolute atomic E-state index is 11.0. The highest BCUT2D eigenvalue weighted by Crippen LogP contribution is 2.31. The van der Waals surface area contributed by atoms with Crippen molar-refractivity contribution in [2.45, 2.75) is 38.2 Å². The van der Waals surface area contributed by atoms with Crippen molar-refractivity contribution in [2.24, 2.45) is 11.8 Å². The minimum absolute atomic E-state index is 0.128. The molecule has 1 saturated carbocycles. The SMILES string of the molecule is O=C(O)C1CCCC1CNCC1CCCO1. The number of aliphatic carboxylic acids is 1. The second-order valence-corrected chi connectivity index (χ2v) is 4.93. The Labute approximate surface area is 96.4 Å². The number of hydrogen-bond acceptors (Lipinski definition) is 3. The molecule has 4 nitrogen and oxygen atoms in total. The van der Waals surface area contributed by atoms with Crippen LogP contribution in [0.4, 0.5) is 0 Å². The van der Waals surface area contributed by atoms with Crippen LogP contribution in [-0.4, -0.2) is 36.9 Å². The lowest BCUT2D eigenvalue weighted by Gasteiger charge is -2.17. The first kappa shape index (κ1) is 11.9. The Kier molecular flexibility index (Phi) is 4.18. The van der Waals surface area contributed by atoms with E-state index in [0.29, 0.717) is 12.0 Å². The van der Waals surface area contributed by atoms with Gasteiger partial charge in [0.25, 0.3) is 0 Å². The lowest BCUT2D eigenvalue weighted by Crippen LogP contribution is -2.33. The van der Waals surface area contributed by atoms with Crippen molar-refractivity contribution in [3.63, 3.8) is 0 Å². The summed E-state index contributed by atoms with van der Waals surface area (Å²) in [6, 6.07) is 0. The number of carboxylic acids is 1. The van der Waals surface area contributed by atoms with Gasteiger partial charge in [0.1, 0.15) is 0 Å². The van der Waals surface area contributed by atoms with Crippen LogP contribution in [0.15, 0.2) is 0 Å². The molecule has 1 saturated heterocycles. The third kappa shape index (κ3) is 2.95. The average Bonchev–Trinajstić information content (AvgIpc) is 2.87. The van der Waals surface area contributed by atoms with Crippen LogP contribution >= 0.6 is 0 Å². The van der Waals surface area contributed by atoms with Gasteiger partial charge in [0.2, 0.25) is 0 Å². The molecule has 2 fully saturated rings. The first-order chi connectivity index (χ1) is 7.77. The zero-order chi connectivity index (χ0) is 11.4. The molecule has 2 aliphatic rings. The van der Waals surface area contributed by atoms with Crippen LogP contribution in [0.3, 0.4) is 0 Å². The molecule has 4 heteroatoms. The predicted molar refractivity (Wildman–Crippen MR) is 60.3 cm³/mol. The summed E-state index contributed by atoms with van der Waals surface area (Å²) >= 11 is 0. The summed E-state index contributed by atoms with van der Waals surface area (Å²) < 4.78 is 5.51. The lowest BCUT2D eigenvalue weighted by molar-refractivity contribution is -0.142. The van der Waals surface area contributed by atoms with Gasteiger partial charge in [0.15, 0.2) is 0 Å². The Balaban J connectivity index is 1.66. The molecule has 2 rings (SSSR count). The maximum Gasteiger partial charge on any atom is 0.306 e. The molecular formula is C12H21NO3. The van der Waals surface area contributed by atoms with Gasteiger partial charge in [-0.15, -0.1) is 0 Å². The van der Waals surface area contributed by atoms with Crippen molar-refractivity contribution in [1.82, 2.24) is 5.32 Å². The summed E-state index contributed by atoms with van der Waals surface area (Å²) in [5, 5.41) is 12.4. The Morgan fingerprint density at radius 3 is 2.81 bits per heavy atom. The molecule has 0 aromatic rings. The Morgan fingerprint density at radius 2 is 2.12 bits per heavy atom. The van der Waals surface area contributed by atoms with Gasteiger partial charge in [0, 0.05) is 13.2 Å². The first-order valence-corrected chi connectivity index (χ1v) is 6.32. The fourth-order valence-corrected chi connectivity index (χ4v) is 2.84. The van der Waals surface area contributed by atoms with Crippen molar-refractivity contribution in [3.05, 3.63) is 0 Å². The second-order valence-electron chi connectivity index (χ2n) is 4.93. The zero-order valence-electron chi connectivity index (χ0n) is 9.65. The van der Waals surface area contributed by atoms with Gasteiger partial charge in [-0.05, 0) is 38.1 Å². The Bertz CT molecular complexity index is 238. The monoisotopic (exact) mass is 227 g/mol. The van der Waals surface area contributed by atoms with Crippen molar-refractivity contribution in [1.29, 1.82) is 0 Å². The number of nitrogens with one attached hydrogen (secondary N) is 1. The number of ether oxygens (including phenoxy) is 1. The van der Waals surface area contributed by atoms with Crippen LogP contribution in [0.25, 0.3) is 0 Å². The number of carbonyl (C=O) groups is 1. The van der Waals surface area contributed by atoms with Gasteiger partial charge in [-0.3, -0.25) is 4.79 Å². The smallest absolute Gasteiger partial charge is 0.306 e. The highest BCUT2D eigenvalue weighted by molar-refractivity contribution is 5.70. The molecule has 0 aromatic carbocycles. The molecule has 0 aromatic heterocycles. The molecule has 0 bridgehead atoms. The summed E-state index contributed by atoms with van der Waals surface area (Å²) in [5.74, 6) is -0.433. The molecule has 0 spiro atoms. The topological polar surface area (TPSA) is 58.6 Å². The van der Waals surface area contributed by atoms with Crippen LogP contribution in [0.2, 0.25) is 0 Å². The molecule has 92 valence electrons. The summed E-state index contributed by atoms with van der Waals surface area (Å²) in [6.45, 7) is 2.59. The van der Waals surface area contributed by atoms with Crippen LogP contribution in [0.5, 0.6) is 0 Å². The van der Waals surface area contributed by atoms with Crippen molar-refractivity contribution in [2.75, 3.05) is 19.7 Å². The normalized spacial score (nSPS) is 34.4. The van der Waals surface area contributed by atoms with Crippen molar-refractivity contribution < 1.29 is 14.6 Å². The van der Waals surface area contributed by atoms with E-state index >= 15 is 0 Å². The van der Waals surface area contributed by atoms with Crippen LogP contribution in [0.1, 0.15) is 32.1 Å². The quantitative estimate of drug-likeness (QED) is 0.742. The van der Waals surface area contributed by atoms with Gasteiger partial charge in [-0.1, -0.05) is 6.42 Å². The van der Waals surface area contributed by atoms with E-state index in [9.17, 15) is 4.79 Å². The van der Waals surface area contributed by atoms with E-state index in [1.54, 1.807) is 0 Å².